The van der Waals surface area contributed by atoms with Gasteiger partial charge >= 0.3 is 0 Å². The quantitative estimate of drug-likeness (QED) is 0.895. The summed E-state index contributed by atoms with van der Waals surface area (Å²) >= 11 is 1.63. The molecule has 0 bridgehead atoms. The van der Waals surface area contributed by atoms with Gasteiger partial charge in [-0.1, -0.05) is 58.4 Å². The van der Waals surface area contributed by atoms with Crippen LogP contribution >= 0.6 is 11.3 Å². The summed E-state index contributed by atoms with van der Waals surface area (Å²) < 4.78 is 0. The van der Waals surface area contributed by atoms with Gasteiger partial charge in [-0.3, -0.25) is 0 Å². The monoisotopic (exact) mass is 288 g/mol. The van der Waals surface area contributed by atoms with Crippen molar-refractivity contribution in [3.63, 3.8) is 0 Å². The molecular weight excluding hydrogens is 264 g/mol. The number of nitrogens with zero attached hydrogens (tertiary/aromatic N) is 1. The topological polar surface area (TPSA) is 38.9 Å². The average molecular weight is 288 g/mol. The molecule has 0 saturated heterocycles. The van der Waals surface area contributed by atoms with Crippen molar-refractivity contribution in [1.29, 1.82) is 0 Å². The lowest BCUT2D eigenvalue weighted by molar-refractivity contribution is 0.590. The first-order valence-electron chi connectivity index (χ1n) is 7.23. The number of aromatic nitrogens is 1. The maximum absolute atomic E-state index is 5.85. The van der Waals surface area contributed by atoms with Gasteiger partial charge in [0, 0.05) is 11.3 Å². The number of hydrogen-bond acceptors (Lipinski definition) is 3. The number of thiazole rings is 1. The molecule has 2 N–H and O–H groups in total. The highest BCUT2D eigenvalue weighted by molar-refractivity contribution is 7.15. The lowest BCUT2D eigenvalue weighted by atomic mass is 9.86. The summed E-state index contributed by atoms with van der Waals surface area (Å²) in [6.07, 6.45) is 3.07. The van der Waals surface area contributed by atoms with Crippen LogP contribution in [0.25, 0.3) is 0 Å². The highest BCUT2D eigenvalue weighted by Gasteiger charge is 2.14. The fourth-order valence-corrected chi connectivity index (χ4v) is 3.19. The Hall–Kier alpha value is -1.35. The third kappa shape index (κ3) is 3.60. The summed E-state index contributed by atoms with van der Waals surface area (Å²) in [6.45, 7) is 8.90. The predicted molar refractivity (Wildman–Crippen MR) is 88.5 cm³/mol. The van der Waals surface area contributed by atoms with E-state index < -0.39 is 0 Å². The molecule has 108 valence electrons. The van der Waals surface area contributed by atoms with E-state index in [1.54, 1.807) is 11.3 Å². The summed E-state index contributed by atoms with van der Waals surface area (Å²) in [5.41, 5.74) is 9.94. The minimum Gasteiger partial charge on any atom is -0.375 e. The molecule has 0 aliphatic heterocycles. The first-order chi connectivity index (χ1) is 9.40. The second kappa shape index (κ2) is 5.96. The minimum atomic E-state index is 0.209. The number of hydrogen-bond donors (Lipinski definition) is 1. The van der Waals surface area contributed by atoms with Crippen molar-refractivity contribution in [2.75, 3.05) is 5.73 Å². The van der Waals surface area contributed by atoms with Crippen molar-refractivity contribution in [2.45, 2.75) is 52.4 Å². The van der Waals surface area contributed by atoms with Gasteiger partial charge in [0.2, 0.25) is 0 Å². The van der Waals surface area contributed by atoms with Gasteiger partial charge in [-0.05, 0) is 23.0 Å². The maximum Gasteiger partial charge on any atom is 0.180 e. The lowest BCUT2D eigenvalue weighted by Crippen LogP contribution is -2.10. The van der Waals surface area contributed by atoms with Gasteiger partial charge in [0.05, 0.1) is 5.69 Å². The molecule has 2 nitrogen and oxygen atoms in total. The zero-order valence-corrected chi connectivity index (χ0v) is 13.7. The normalized spacial score (nSPS) is 11.8. The van der Waals surface area contributed by atoms with Crippen LogP contribution < -0.4 is 5.73 Å². The SMILES string of the molecule is CCCc1nc(N)sc1Cc1ccc(C(C)(C)C)cc1. The summed E-state index contributed by atoms with van der Waals surface area (Å²) in [6, 6.07) is 8.93. The standard InChI is InChI=1S/C17H24N2S/c1-5-6-14-15(20-16(18)19-14)11-12-7-9-13(10-8-12)17(2,3)4/h7-10H,5-6,11H2,1-4H3,(H2,18,19). The Morgan fingerprint density at radius 3 is 2.35 bits per heavy atom. The van der Waals surface area contributed by atoms with Crippen LogP contribution in [0.1, 0.15) is 55.8 Å². The predicted octanol–water partition coefficient (Wildman–Crippen LogP) is 4.57. The van der Waals surface area contributed by atoms with E-state index >= 15 is 0 Å². The van der Waals surface area contributed by atoms with Crippen LogP contribution in [0.2, 0.25) is 0 Å². The number of nitrogens with two attached hydrogens (primary N) is 1. The van der Waals surface area contributed by atoms with Crippen molar-refractivity contribution in [1.82, 2.24) is 4.98 Å². The molecule has 0 unspecified atom stereocenters. The van der Waals surface area contributed by atoms with Gasteiger partial charge in [0.1, 0.15) is 0 Å². The molecule has 1 aromatic heterocycles. The van der Waals surface area contributed by atoms with Crippen LogP contribution in [0.15, 0.2) is 24.3 Å². The molecular formula is C17H24N2S. The molecule has 2 aromatic rings. The molecule has 0 saturated carbocycles. The first kappa shape index (κ1) is 15.0. The Kier molecular flexibility index (Phi) is 4.48. The van der Waals surface area contributed by atoms with E-state index in [4.69, 9.17) is 5.73 Å². The molecule has 0 radical (unpaired) electrons. The van der Waals surface area contributed by atoms with E-state index in [2.05, 4.69) is 56.9 Å². The first-order valence-corrected chi connectivity index (χ1v) is 8.05. The number of benzene rings is 1. The fourth-order valence-electron chi connectivity index (χ4n) is 2.28. The van der Waals surface area contributed by atoms with Crippen molar-refractivity contribution < 1.29 is 0 Å². The van der Waals surface area contributed by atoms with Gasteiger partial charge < -0.3 is 5.73 Å². The Morgan fingerprint density at radius 1 is 1.15 bits per heavy atom. The second-order valence-corrected chi connectivity index (χ2v) is 7.41. The van der Waals surface area contributed by atoms with Gasteiger partial charge in [0.15, 0.2) is 5.13 Å². The van der Waals surface area contributed by atoms with Crippen LogP contribution in [-0.2, 0) is 18.3 Å². The van der Waals surface area contributed by atoms with Gasteiger partial charge in [-0.25, -0.2) is 4.98 Å². The fraction of sp³-hybridized carbons (Fsp3) is 0.471. The zero-order chi connectivity index (χ0) is 14.8. The Labute approximate surface area is 126 Å². The van der Waals surface area contributed by atoms with Crippen LogP contribution in [0, 0.1) is 0 Å². The van der Waals surface area contributed by atoms with Crippen LogP contribution in [0.5, 0.6) is 0 Å². The molecule has 0 atom stereocenters. The smallest absolute Gasteiger partial charge is 0.180 e. The molecule has 0 spiro atoms. The summed E-state index contributed by atoms with van der Waals surface area (Å²) in [4.78, 5) is 5.76. The second-order valence-electron chi connectivity index (χ2n) is 6.30. The molecule has 1 aromatic carbocycles. The van der Waals surface area contributed by atoms with Crippen molar-refractivity contribution in [2.24, 2.45) is 0 Å². The molecule has 0 aliphatic rings. The van der Waals surface area contributed by atoms with E-state index in [1.165, 1.54) is 21.7 Å². The zero-order valence-electron chi connectivity index (χ0n) is 12.9. The maximum atomic E-state index is 5.85. The molecule has 2 rings (SSSR count). The third-order valence-corrected chi connectivity index (χ3v) is 4.39. The van der Waals surface area contributed by atoms with Crippen molar-refractivity contribution in [3.8, 4) is 0 Å². The summed E-state index contributed by atoms with van der Waals surface area (Å²) in [5, 5.41) is 0.690. The largest absolute Gasteiger partial charge is 0.375 e. The minimum absolute atomic E-state index is 0.209. The van der Waals surface area contributed by atoms with Gasteiger partial charge in [0.25, 0.3) is 0 Å². The van der Waals surface area contributed by atoms with Crippen LogP contribution in [0.3, 0.4) is 0 Å². The number of anilines is 1. The molecule has 0 aliphatic carbocycles. The summed E-state index contributed by atoms with van der Waals surface area (Å²) in [5.74, 6) is 0. The van der Waals surface area contributed by atoms with Crippen LogP contribution in [-0.4, -0.2) is 4.98 Å². The number of aryl methyl sites for hydroxylation is 1. The van der Waals surface area contributed by atoms with Crippen molar-refractivity contribution in [3.05, 3.63) is 46.0 Å². The highest BCUT2D eigenvalue weighted by Crippen LogP contribution is 2.26. The number of rotatable bonds is 4. The van der Waals surface area contributed by atoms with E-state index in [0.29, 0.717) is 5.13 Å². The van der Waals surface area contributed by atoms with Gasteiger partial charge in [-0.2, -0.15) is 0 Å². The van der Waals surface area contributed by atoms with Crippen molar-refractivity contribution >= 4 is 16.5 Å². The van der Waals surface area contributed by atoms with Gasteiger partial charge in [-0.15, -0.1) is 11.3 Å². The average Bonchev–Trinajstić information content (AvgIpc) is 2.69. The Balaban J connectivity index is 2.18. The van der Waals surface area contributed by atoms with Crippen LogP contribution in [0.4, 0.5) is 5.13 Å². The molecule has 3 heteroatoms. The molecule has 0 fully saturated rings. The third-order valence-electron chi connectivity index (χ3n) is 3.47. The molecule has 20 heavy (non-hydrogen) atoms. The Morgan fingerprint density at radius 2 is 1.80 bits per heavy atom. The Bertz CT molecular complexity index is 562. The van der Waals surface area contributed by atoms with E-state index in [-0.39, 0.29) is 5.41 Å². The molecule has 0 amide bonds. The molecule has 1 heterocycles. The van der Waals surface area contributed by atoms with E-state index in [9.17, 15) is 0 Å². The summed E-state index contributed by atoms with van der Waals surface area (Å²) in [7, 11) is 0. The lowest BCUT2D eigenvalue weighted by Gasteiger charge is -2.19. The number of nitrogen functional groups attached to an aromatic ring is 1. The van der Waals surface area contributed by atoms with E-state index in [1.807, 2.05) is 0 Å². The highest BCUT2D eigenvalue weighted by atomic mass is 32.1. The van der Waals surface area contributed by atoms with E-state index in [0.717, 1.165) is 19.3 Å².